The number of carbonyl (C=O) groups is 1. The lowest BCUT2D eigenvalue weighted by molar-refractivity contribution is 0.102. The maximum absolute atomic E-state index is 12.2. The molecule has 0 radical (unpaired) electrons. The summed E-state index contributed by atoms with van der Waals surface area (Å²) in [4.78, 5) is 12.2. The van der Waals surface area contributed by atoms with Gasteiger partial charge in [0.1, 0.15) is 0 Å². The SMILES string of the molecule is Cc1ccc(N)c(C(=O)Nc2ccc(C)c(I)c2)c1. The van der Waals surface area contributed by atoms with Gasteiger partial charge in [-0.3, -0.25) is 4.79 Å². The fraction of sp³-hybridized carbons (Fsp3) is 0.133. The third-order valence-corrected chi connectivity index (χ3v) is 4.05. The molecule has 0 saturated heterocycles. The molecule has 1 amide bonds. The Kier molecular flexibility index (Phi) is 4.09. The molecular formula is C15H15IN2O. The molecule has 0 unspecified atom stereocenters. The summed E-state index contributed by atoms with van der Waals surface area (Å²) >= 11 is 2.25. The van der Waals surface area contributed by atoms with E-state index in [-0.39, 0.29) is 5.91 Å². The summed E-state index contributed by atoms with van der Waals surface area (Å²) in [6.07, 6.45) is 0. The van der Waals surface area contributed by atoms with Crippen LogP contribution in [-0.2, 0) is 0 Å². The Balaban J connectivity index is 2.25. The number of rotatable bonds is 2. The Hall–Kier alpha value is -1.56. The van der Waals surface area contributed by atoms with Gasteiger partial charge < -0.3 is 11.1 Å². The van der Waals surface area contributed by atoms with E-state index in [9.17, 15) is 4.79 Å². The van der Waals surface area contributed by atoms with Gasteiger partial charge in [0.25, 0.3) is 5.91 Å². The van der Waals surface area contributed by atoms with Gasteiger partial charge in [-0.05, 0) is 66.3 Å². The predicted molar refractivity (Wildman–Crippen MR) is 87.4 cm³/mol. The average Bonchev–Trinajstić information content (AvgIpc) is 2.36. The van der Waals surface area contributed by atoms with Crippen LogP contribution in [-0.4, -0.2) is 5.91 Å². The summed E-state index contributed by atoms with van der Waals surface area (Å²) in [6, 6.07) is 11.3. The second-order valence-electron chi connectivity index (χ2n) is 4.51. The lowest BCUT2D eigenvalue weighted by Gasteiger charge is -2.09. The molecule has 0 atom stereocenters. The van der Waals surface area contributed by atoms with Crippen LogP contribution in [0.3, 0.4) is 0 Å². The lowest BCUT2D eigenvalue weighted by Crippen LogP contribution is -2.14. The van der Waals surface area contributed by atoms with E-state index in [0.29, 0.717) is 11.3 Å². The van der Waals surface area contributed by atoms with Crippen LogP contribution in [0.5, 0.6) is 0 Å². The first-order valence-corrected chi connectivity index (χ1v) is 6.99. The van der Waals surface area contributed by atoms with Crippen LogP contribution in [0.1, 0.15) is 21.5 Å². The van der Waals surface area contributed by atoms with Crippen molar-refractivity contribution in [3.05, 3.63) is 56.7 Å². The topological polar surface area (TPSA) is 55.1 Å². The van der Waals surface area contributed by atoms with E-state index in [1.807, 2.05) is 38.1 Å². The number of hydrogen-bond donors (Lipinski definition) is 2. The maximum atomic E-state index is 12.2. The molecule has 4 heteroatoms. The largest absolute Gasteiger partial charge is 0.398 e. The number of benzene rings is 2. The highest BCUT2D eigenvalue weighted by atomic mass is 127. The van der Waals surface area contributed by atoms with Crippen molar-refractivity contribution in [2.45, 2.75) is 13.8 Å². The molecule has 0 aliphatic rings. The van der Waals surface area contributed by atoms with Crippen molar-refractivity contribution >= 4 is 39.9 Å². The summed E-state index contributed by atoms with van der Waals surface area (Å²) in [5, 5.41) is 2.87. The van der Waals surface area contributed by atoms with Gasteiger partial charge in [0.2, 0.25) is 0 Å². The summed E-state index contributed by atoms with van der Waals surface area (Å²) in [5.74, 6) is -0.180. The summed E-state index contributed by atoms with van der Waals surface area (Å²) < 4.78 is 1.12. The fourth-order valence-electron chi connectivity index (χ4n) is 1.74. The number of halogens is 1. The lowest BCUT2D eigenvalue weighted by atomic mass is 10.1. The summed E-state index contributed by atoms with van der Waals surface area (Å²) in [7, 11) is 0. The number of carbonyl (C=O) groups excluding carboxylic acids is 1. The smallest absolute Gasteiger partial charge is 0.257 e. The first kappa shape index (κ1) is 13.9. The van der Waals surface area contributed by atoms with E-state index < -0.39 is 0 Å². The van der Waals surface area contributed by atoms with Crippen molar-refractivity contribution in [2.75, 3.05) is 11.1 Å². The van der Waals surface area contributed by atoms with Gasteiger partial charge in [0, 0.05) is 14.9 Å². The van der Waals surface area contributed by atoms with Gasteiger partial charge >= 0.3 is 0 Å². The maximum Gasteiger partial charge on any atom is 0.257 e. The number of nitrogen functional groups attached to an aromatic ring is 1. The third-order valence-electron chi connectivity index (χ3n) is 2.88. The number of nitrogens with one attached hydrogen (secondary N) is 1. The van der Waals surface area contributed by atoms with Gasteiger partial charge in [-0.15, -0.1) is 0 Å². The van der Waals surface area contributed by atoms with Crippen molar-refractivity contribution in [1.82, 2.24) is 0 Å². The molecule has 2 aromatic rings. The van der Waals surface area contributed by atoms with E-state index in [2.05, 4.69) is 27.9 Å². The van der Waals surface area contributed by atoms with Crippen LogP contribution < -0.4 is 11.1 Å². The van der Waals surface area contributed by atoms with Crippen LogP contribution >= 0.6 is 22.6 Å². The molecule has 19 heavy (non-hydrogen) atoms. The van der Waals surface area contributed by atoms with Crippen molar-refractivity contribution in [3.8, 4) is 0 Å². The molecule has 2 rings (SSSR count). The van der Waals surface area contributed by atoms with Gasteiger partial charge in [0.05, 0.1) is 5.56 Å². The highest BCUT2D eigenvalue weighted by molar-refractivity contribution is 14.1. The number of aryl methyl sites for hydroxylation is 2. The Morgan fingerprint density at radius 1 is 1.16 bits per heavy atom. The molecule has 0 aliphatic carbocycles. The van der Waals surface area contributed by atoms with E-state index in [1.54, 1.807) is 12.1 Å². The highest BCUT2D eigenvalue weighted by Gasteiger charge is 2.10. The second-order valence-corrected chi connectivity index (χ2v) is 5.67. The molecule has 0 aliphatic heterocycles. The van der Waals surface area contributed by atoms with Gasteiger partial charge in [-0.25, -0.2) is 0 Å². The van der Waals surface area contributed by atoms with Crippen molar-refractivity contribution in [1.29, 1.82) is 0 Å². The van der Waals surface area contributed by atoms with Crippen LogP contribution in [0.25, 0.3) is 0 Å². The molecule has 3 N–H and O–H groups in total. The zero-order chi connectivity index (χ0) is 14.0. The van der Waals surface area contributed by atoms with Gasteiger partial charge in [-0.1, -0.05) is 17.7 Å². The Morgan fingerprint density at radius 2 is 1.89 bits per heavy atom. The minimum atomic E-state index is -0.180. The third kappa shape index (κ3) is 3.26. The van der Waals surface area contributed by atoms with Crippen molar-refractivity contribution in [3.63, 3.8) is 0 Å². The first-order chi connectivity index (χ1) is 8.97. The van der Waals surface area contributed by atoms with Gasteiger partial charge in [0.15, 0.2) is 0 Å². The van der Waals surface area contributed by atoms with Crippen LogP contribution in [0.2, 0.25) is 0 Å². The molecule has 98 valence electrons. The van der Waals surface area contributed by atoms with E-state index in [4.69, 9.17) is 5.73 Å². The highest BCUT2D eigenvalue weighted by Crippen LogP contribution is 2.19. The quantitative estimate of drug-likeness (QED) is 0.629. The Labute approximate surface area is 126 Å². The van der Waals surface area contributed by atoms with Gasteiger partial charge in [-0.2, -0.15) is 0 Å². The Bertz CT molecular complexity index is 638. The van der Waals surface area contributed by atoms with Crippen molar-refractivity contribution in [2.24, 2.45) is 0 Å². The molecule has 2 aromatic carbocycles. The molecule has 0 saturated carbocycles. The zero-order valence-corrected chi connectivity index (χ0v) is 13.0. The molecule has 0 heterocycles. The fourth-order valence-corrected chi connectivity index (χ4v) is 2.25. The molecule has 0 bridgehead atoms. The minimum absolute atomic E-state index is 0.180. The standard InChI is InChI=1S/C15H15IN2O/c1-9-3-6-14(17)12(7-9)15(19)18-11-5-4-10(2)13(16)8-11/h3-8H,17H2,1-2H3,(H,18,19). The molecule has 0 fully saturated rings. The predicted octanol–water partition coefficient (Wildman–Crippen LogP) is 3.74. The Morgan fingerprint density at radius 3 is 2.58 bits per heavy atom. The van der Waals surface area contributed by atoms with Crippen molar-refractivity contribution < 1.29 is 4.79 Å². The van der Waals surface area contributed by atoms with E-state index in [0.717, 1.165) is 14.8 Å². The zero-order valence-electron chi connectivity index (χ0n) is 10.8. The summed E-state index contributed by atoms with van der Waals surface area (Å²) in [6.45, 7) is 3.97. The van der Waals surface area contributed by atoms with Crippen LogP contribution in [0.15, 0.2) is 36.4 Å². The molecule has 3 nitrogen and oxygen atoms in total. The van der Waals surface area contributed by atoms with E-state index in [1.165, 1.54) is 5.56 Å². The number of amides is 1. The number of hydrogen-bond acceptors (Lipinski definition) is 2. The average molecular weight is 366 g/mol. The summed E-state index contributed by atoms with van der Waals surface area (Å²) in [5.41, 5.74) is 9.82. The molecule has 0 aromatic heterocycles. The first-order valence-electron chi connectivity index (χ1n) is 5.91. The van der Waals surface area contributed by atoms with E-state index >= 15 is 0 Å². The molecular weight excluding hydrogens is 351 g/mol. The molecule has 0 spiro atoms. The minimum Gasteiger partial charge on any atom is -0.398 e. The van der Waals surface area contributed by atoms with Crippen LogP contribution in [0.4, 0.5) is 11.4 Å². The monoisotopic (exact) mass is 366 g/mol. The van der Waals surface area contributed by atoms with Crippen LogP contribution in [0, 0.1) is 17.4 Å². The number of nitrogens with two attached hydrogens (primary N) is 1. The normalized spacial score (nSPS) is 10.3. The number of anilines is 2. The second kappa shape index (κ2) is 5.61.